The van der Waals surface area contributed by atoms with E-state index in [1.165, 1.54) is 12.1 Å². The molecule has 22 heteroatoms. The Balaban J connectivity index is 1.18. The van der Waals surface area contributed by atoms with Crippen molar-refractivity contribution < 1.29 is 33.4 Å². The average Bonchev–Trinajstić information content (AvgIpc) is 4.18. The van der Waals surface area contributed by atoms with Gasteiger partial charge in [-0.2, -0.15) is 15.3 Å². The fourth-order valence-corrected chi connectivity index (χ4v) is 8.43. The van der Waals surface area contributed by atoms with Gasteiger partial charge in [-0.3, -0.25) is 33.7 Å². The SMILES string of the molecule is CCn1nc(C)cc1C(=O)Nc1nc2cc(C(N)=O)cc(OCCCOC(=O)c3cc(C)nn3CC)c2n1CC=CCn1c2nc(-c3cc(C)nn3CC)ncc2c2cc(C(N)=O)cc(OCCCN)c21. The molecule has 6 aromatic heterocycles. The minimum absolute atomic E-state index is 0.0416. The molecule has 7 N–H and O–H groups in total. The summed E-state index contributed by atoms with van der Waals surface area (Å²) in [6, 6.07) is 11.7. The van der Waals surface area contributed by atoms with E-state index >= 15 is 0 Å². The highest BCUT2D eigenvalue weighted by atomic mass is 16.5. The van der Waals surface area contributed by atoms with Gasteiger partial charge in [0.15, 0.2) is 5.82 Å². The van der Waals surface area contributed by atoms with E-state index in [4.69, 9.17) is 46.4 Å². The van der Waals surface area contributed by atoms with E-state index in [2.05, 4.69) is 20.6 Å². The first-order valence-electron chi connectivity index (χ1n) is 23.4. The molecule has 0 radical (unpaired) electrons. The molecule has 71 heavy (non-hydrogen) atoms. The van der Waals surface area contributed by atoms with Crippen LogP contribution in [-0.2, 0) is 37.5 Å². The maximum absolute atomic E-state index is 14.0. The largest absolute Gasteiger partial charge is 0.491 e. The molecule has 0 atom stereocenters. The summed E-state index contributed by atoms with van der Waals surface area (Å²) in [6.07, 6.45) is 6.42. The number of hydrogen-bond donors (Lipinski definition) is 4. The van der Waals surface area contributed by atoms with Crippen LogP contribution in [0.1, 0.15) is 92.4 Å². The smallest absolute Gasteiger partial charge is 0.356 e. The van der Waals surface area contributed by atoms with Gasteiger partial charge in [-0.1, -0.05) is 12.2 Å². The molecule has 0 fully saturated rings. The van der Waals surface area contributed by atoms with Crippen molar-refractivity contribution in [3.05, 3.63) is 100 Å². The number of allylic oxidation sites excluding steroid dienone is 2. The molecule has 0 aliphatic heterocycles. The average molecular weight is 968 g/mol. The summed E-state index contributed by atoms with van der Waals surface area (Å²) in [6.45, 7) is 14.0. The number of primary amides is 2. The number of amides is 3. The second-order valence-corrected chi connectivity index (χ2v) is 16.7. The number of aromatic nitrogens is 11. The van der Waals surface area contributed by atoms with Crippen LogP contribution in [0.2, 0.25) is 0 Å². The number of fused-ring (bicyclic) bond motifs is 4. The zero-order valence-electron chi connectivity index (χ0n) is 40.6. The van der Waals surface area contributed by atoms with Gasteiger partial charge in [0.25, 0.3) is 5.91 Å². The van der Waals surface area contributed by atoms with Gasteiger partial charge in [-0.25, -0.2) is 19.7 Å². The van der Waals surface area contributed by atoms with Crippen LogP contribution in [0, 0.1) is 20.8 Å². The Hall–Kier alpha value is -8.40. The van der Waals surface area contributed by atoms with Gasteiger partial charge < -0.3 is 40.5 Å². The Morgan fingerprint density at radius 2 is 1.25 bits per heavy atom. The van der Waals surface area contributed by atoms with E-state index in [-0.39, 0.29) is 55.7 Å². The van der Waals surface area contributed by atoms with Crippen LogP contribution in [0.4, 0.5) is 5.95 Å². The number of benzene rings is 2. The van der Waals surface area contributed by atoms with Crippen LogP contribution in [-0.4, -0.2) is 103 Å². The Morgan fingerprint density at radius 3 is 1.92 bits per heavy atom. The Labute approximate surface area is 407 Å². The molecule has 0 aliphatic rings. The summed E-state index contributed by atoms with van der Waals surface area (Å²) in [5.74, 6) is -0.997. The molecule has 0 aliphatic carbocycles. The van der Waals surface area contributed by atoms with Crippen molar-refractivity contribution >= 4 is 62.6 Å². The van der Waals surface area contributed by atoms with Crippen LogP contribution in [0.15, 0.2) is 60.8 Å². The van der Waals surface area contributed by atoms with Crippen LogP contribution in [0.3, 0.4) is 0 Å². The summed E-state index contributed by atoms with van der Waals surface area (Å²) >= 11 is 0. The van der Waals surface area contributed by atoms with Gasteiger partial charge in [0.2, 0.25) is 17.8 Å². The molecule has 0 saturated carbocycles. The summed E-state index contributed by atoms with van der Waals surface area (Å²) < 4.78 is 26.9. The molecule has 2 aromatic carbocycles. The predicted molar refractivity (Wildman–Crippen MR) is 265 cm³/mol. The number of imidazole rings is 1. The van der Waals surface area contributed by atoms with E-state index in [1.807, 2.05) is 55.2 Å². The number of nitrogens with two attached hydrogens (primary N) is 3. The molecule has 0 spiro atoms. The molecular weight excluding hydrogens is 911 g/mol. The molecule has 0 saturated heterocycles. The van der Waals surface area contributed by atoms with Crippen molar-refractivity contribution in [2.75, 3.05) is 31.7 Å². The van der Waals surface area contributed by atoms with Crippen LogP contribution < -0.4 is 32.0 Å². The first kappa shape index (κ1) is 49.0. The fourth-order valence-electron chi connectivity index (χ4n) is 8.43. The fraction of sp³-hybridized carbons (Fsp3) is 0.347. The lowest BCUT2D eigenvalue weighted by Gasteiger charge is -2.13. The molecule has 22 nitrogen and oxygen atoms in total. The number of aryl methyl sites for hydroxylation is 6. The summed E-state index contributed by atoms with van der Waals surface area (Å²) in [4.78, 5) is 66.9. The highest BCUT2D eigenvalue weighted by molar-refractivity contribution is 6.12. The highest BCUT2D eigenvalue weighted by Gasteiger charge is 2.24. The standard InChI is InChI=1S/C49H57N15O7/c1-7-62-36(20-28(4)57-62)45-53-27-34-33-23-31(43(51)65)25-39(69-17-12-14-50)41(33)60(46(34)55-45)15-10-11-16-61-42-35(54-49(61)56-47(67)37-21-29(5)58-63(37)8-2)24-32(44(52)66)26-40(42)70-18-13-19-71-48(68)38-22-30(6)59-64(38)9-3/h10-11,20-27H,7-9,12-19,50H2,1-6H3,(H2,51,65)(H2,52,66)(H,54,56,67). The van der Waals surface area contributed by atoms with Gasteiger partial charge in [0.1, 0.15) is 39.7 Å². The molecule has 370 valence electrons. The van der Waals surface area contributed by atoms with E-state index in [0.717, 1.165) is 11.4 Å². The van der Waals surface area contributed by atoms with Crippen molar-refractivity contribution in [1.82, 2.24) is 53.4 Å². The van der Waals surface area contributed by atoms with Crippen LogP contribution in [0.25, 0.3) is 44.5 Å². The third kappa shape index (κ3) is 10.2. The van der Waals surface area contributed by atoms with Gasteiger partial charge in [-0.15, -0.1) is 0 Å². The maximum Gasteiger partial charge on any atom is 0.356 e. The lowest BCUT2D eigenvalue weighted by Crippen LogP contribution is -2.20. The van der Waals surface area contributed by atoms with Gasteiger partial charge >= 0.3 is 5.97 Å². The number of nitrogens with zero attached hydrogens (tertiary/aromatic N) is 11. The summed E-state index contributed by atoms with van der Waals surface area (Å²) in [7, 11) is 0. The first-order chi connectivity index (χ1) is 34.2. The van der Waals surface area contributed by atoms with Crippen molar-refractivity contribution in [2.45, 2.75) is 87.1 Å². The number of anilines is 1. The molecule has 8 rings (SSSR count). The summed E-state index contributed by atoms with van der Waals surface area (Å²) in [5.41, 5.74) is 23.5. The van der Waals surface area contributed by atoms with Gasteiger partial charge in [-0.05, 0) is 97.0 Å². The lowest BCUT2D eigenvalue weighted by molar-refractivity contribution is 0.0471. The van der Waals surface area contributed by atoms with Gasteiger partial charge in [0, 0.05) is 67.2 Å². The molecule has 8 aromatic rings. The third-order valence-corrected chi connectivity index (χ3v) is 11.7. The Kier molecular flexibility index (Phi) is 14.6. The molecule has 0 bridgehead atoms. The molecule has 3 amide bonds. The minimum atomic E-state index is -0.711. The van der Waals surface area contributed by atoms with E-state index < -0.39 is 23.7 Å². The van der Waals surface area contributed by atoms with Crippen LogP contribution >= 0.6 is 0 Å². The quantitative estimate of drug-likeness (QED) is 0.0384. The number of hydrogen-bond acceptors (Lipinski definition) is 14. The topological polar surface area (TPSA) is 288 Å². The molecular formula is C49H57N15O7. The second-order valence-electron chi connectivity index (χ2n) is 16.7. The van der Waals surface area contributed by atoms with Crippen molar-refractivity contribution in [1.29, 1.82) is 0 Å². The van der Waals surface area contributed by atoms with E-state index in [1.54, 1.807) is 58.2 Å². The van der Waals surface area contributed by atoms with Crippen molar-refractivity contribution in [2.24, 2.45) is 17.2 Å². The number of ether oxygens (including phenoxy) is 3. The molecule has 6 heterocycles. The third-order valence-electron chi connectivity index (χ3n) is 11.7. The van der Waals surface area contributed by atoms with E-state index in [0.29, 0.717) is 106 Å². The van der Waals surface area contributed by atoms with Crippen LogP contribution in [0.5, 0.6) is 11.5 Å². The number of carbonyl (C=O) groups excluding carboxylic acids is 4. The molecule has 0 unspecified atom stereocenters. The Morgan fingerprint density at radius 1 is 0.662 bits per heavy atom. The number of carbonyl (C=O) groups is 4. The maximum atomic E-state index is 14.0. The number of esters is 1. The lowest BCUT2D eigenvalue weighted by atomic mass is 10.1. The predicted octanol–water partition coefficient (Wildman–Crippen LogP) is 5.24. The summed E-state index contributed by atoms with van der Waals surface area (Å²) in [5, 5.41) is 17.7. The van der Waals surface area contributed by atoms with E-state index in [9.17, 15) is 19.2 Å². The number of rotatable bonds is 22. The normalized spacial score (nSPS) is 11.6. The first-order valence-corrected chi connectivity index (χ1v) is 23.4. The number of nitrogens with one attached hydrogen (secondary N) is 1. The monoisotopic (exact) mass is 967 g/mol. The Bertz CT molecular complexity index is 3350. The van der Waals surface area contributed by atoms with Crippen molar-refractivity contribution in [3.63, 3.8) is 0 Å². The zero-order chi connectivity index (χ0) is 50.5. The highest BCUT2D eigenvalue weighted by Crippen LogP contribution is 2.37. The van der Waals surface area contributed by atoms with Gasteiger partial charge in [0.05, 0.1) is 47.9 Å². The minimum Gasteiger partial charge on any atom is -0.491 e. The second kappa shape index (κ2) is 21.1. The zero-order valence-corrected chi connectivity index (χ0v) is 40.6. The van der Waals surface area contributed by atoms with Crippen molar-refractivity contribution in [3.8, 4) is 23.0 Å².